The van der Waals surface area contributed by atoms with Gasteiger partial charge in [0.25, 0.3) is 0 Å². The molecule has 1 aliphatic rings. The standard InChI is InChI=1S/C25H22N2O3/c1-17-5-3-7-20(13-17)30-21-8-4-6-19(15-21)22-10-11-23(26-22)24(28)14-18-9-12-25(29)27(2)16-18/h3-10,12-13,15-16H,11,14H2,1-2H3. The Morgan fingerprint density at radius 1 is 1.07 bits per heavy atom. The van der Waals surface area contributed by atoms with Crippen LogP contribution in [0.2, 0.25) is 0 Å². The first-order chi connectivity index (χ1) is 14.5. The van der Waals surface area contributed by atoms with Gasteiger partial charge in [0.15, 0.2) is 5.78 Å². The summed E-state index contributed by atoms with van der Waals surface area (Å²) in [5.74, 6) is 1.47. The number of carbonyl (C=O) groups is 1. The summed E-state index contributed by atoms with van der Waals surface area (Å²) in [6.07, 6.45) is 4.38. The lowest BCUT2D eigenvalue weighted by Gasteiger charge is -2.08. The van der Waals surface area contributed by atoms with Gasteiger partial charge < -0.3 is 9.30 Å². The van der Waals surface area contributed by atoms with Crippen LogP contribution < -0.4 is 10.3 Å². The van der Waals surface area contributed by atoms with Crippen LogP contribution in [0.3, 0.4) is 0 Å². The lowest BCUT2D eigenvalue weighted by Crippen LogP contribution is -2.18. The van der Waals surface area contributed by atoms with Gasteiger partial charge in [-0.1, -0.05) is 36.4 Å². The Morgan fingerprint density at radius 3 is 2.60 bits per heavy atom. The molecule has 30 heavy (non-hydrogen) atoms. The van der Waals surface area contributed by atoms with Crippen molar-refractivity contribution in [1.82, 2.24) is 4.57 Å². The van der Waals surface area contributed by atoms with Gasteiger partial charge in [0.2, 0.25) is 5.56 Å². The van der Waals surface area contributed by atoms with Crippen LogP contribution in [0.1, 0.15) is 23.1 Å². The molecular weight excluding hydrogens is 376 g/mol. The summed E-state index contributed by atoms with van der Waals surface area (Å²) >= 11 is 0. The van der Waals surface area contributed by atoms with Crippen molar-refractivity contribution in [2.45, 2.75) is 19.8 Å². The molecule has 0 unspecified atom stereocenters. The molecule has 0 amide bonds. The molecule has 0 spiro atoms. The fourth-order valence-corrected chi connectivity index (χ4v) is 3.37. The molecule has 5 heteroatoms. The molecule has 5 nitrogen and oxygen atoms in total. The average molecular weight is 398 g/mol. The highest BCUT2D eigenvalue weighted by Gasteiger charge is 2.18. The molecule has 0 aliphatic carbocycles. The number of aromatic nitrogens is 1. The number of aryl methyl sites for hydroxylation is 2. The van der Waals surface area contributed by atoms with Gasteiger partial charge in [-0.05, 0) is 42.3 Å². The second kappa shape index (κ2) is 8.33. The van der Waals surface area contributed by atoms with Crippen LogP contribution in [-0.4, -0.2) is 16.1 Å². The van der Waals surface area contributed by atoms with Crippen molar-refractivity contribution in [2.24, 2.45) is 12.0 Å². The fourth-order valence-electron chi connectivity index (χ4n) is 3.37. The number of pyridine rings is 1. The topological polar surface area (TPSA) is 60.7 Å². The van der Waals surface area contributed by atoms with Crippen molar-refractivity contribution in [2.75, 3.05) is 0 Å². The molecule has 0 bridgehead atoms. The van der Waals surface area contributed by atoms with E-state index in [0.717, 1.165) is 33.9 Å². The first-order valence-electron chi connectivity index (χ1n) is 9.79. The van der Waals surface area contributed by atoms with Crippen LogP contribution in [0, 0.1) is 6.92 Å². The summed E-state index contributed by atoms with van der Waals surface area (Å²) in [5.41, 5.74) is 4.05. The molecule has 2 heterocycles. The molecule has 0 N–H and O–H groups in total. The number of benzene rings is 2. The van der Waals surface area contributed by atoms with E-state index in [4.69, 9.17) is 4.74 Å². The summed E-state index contributed by atoms with van der Waals surface area (Å²) in [6, 6.07) is 18.8. The molecule has 2 aromatic carbocycles. The quantitative estimate of drug-likeness (QED) is 0.615. The number of hydrogen-bond donors (Lipinski definition) is 0. The highest BCUT2D eigenvalue weighted by molar-refractivity contribution is 6.42. The molecule has 1 aromatic heterocycles. The Bertz CT molecular complexity index is 1230. The lowest BCUT2D eigenvalue weighted by molar-refractivity contribution is -0.112. The number of hydrogen-bond acceptors (Lipinski definition) is 4. The maximum Gasteiger partial charge on any atom is 0.250 e. The van der Waals surface area contributed by atoms with E-state index >= 15 is 0 Å². The van der Waals surface area contributed by atoms with Crippen LogP contribution in [0.5, 0.6) is 11.5 Å². The minimum Gasteiger partial charge on any atom is -0.457 e. The minimum atomic E-state index is -0.0962. The normalized spacial score (nSPS) is 13.0. The third-order valence-corrected chi connectivity index (χ3v) is 4.93. The monoisotopic (exact) mass is 398 g/mol. The smallest absolute Gasteiger partial charge is 0.250 e. The second-order valence-electron chi connectivity index (χ2n) is 7.38. The third kappa shape index (κ3) is 4.46. The molecule has 3 aromatic rings. The average Bonchev–Trinajstić information content (AvgIpc) is 3.22. The number of ether oxygens (including phenoxy) is 1. The number of allylic oxidation sites excluding steroid dienone is 1. The van der Waals surface area contributed by atoms with Crippen LogP contribution in [0.25, 0.3) is 5.70 Å². The number of nitrogens with zero attached hydrogens (tertiary/aromatic N) is 2. The summed E-state index contributed by atoms with van der Waals surface area (Å²) in [7, 11) is 1.68. The van der Waals surface area contributed by atoms with Gasteiger partial charge >= 0.3 is 0 Å². The summed E-state index contributed by atoms with van der Waals surface area (Å²) in [4.78, 5) is 28.7. The van der Waals surface area contributed by atoms with Crippen LogP contribution in [0.15, 0.2) is 82.7 Å². The second-order valence-corrected chi connectivity index (χ2v) is 7.38. The van der Waals surface area contributed by atoms with Gasteiger partial charge in [-0.15, -0.1) is 0 Å². The minimum absolute atomic E-state index is 0.0351. The first kappa shape index (κ1) is 19.6. The Labute approximate surface area is 175 Å². The van der Waals surface area contributed by atoms with Crippen molar-refractivity contribution in [3.63, 3.8) is 0 Å². The van der Waals surface area contributed by atoms with Crippen LogP contribution in [-0.2, 0) is 18.3 Å². The molecule has 0 radical (unpaired) electrons. The van der Waals surface area contributed by atoms with Gasteiger partial charge in [-0.25, -0.2) is 4.99 Å². The zero-order valence-electron chi connectivity index (χ0n) is 17.0. The zero-order chi connectivity index (χ0) is 21.1. The van der Waals surface area contributed by atoms with Crippen molar-refractivity contribution in [1.29, 1.82) is 0 Å². The summed E-state index contributed by atoms with van der Waals surface area (Å²) in [6.45, 7) is 2.02. The van der Waals surface area contributed by atoms with Crippen LogP contribution in [0.4, 0.5) is 0 Å². The molecule has 4 rings (SSSR count). The Kier molecular flexibility index (Phi) is 5.44. The molecule has 0 atom stereocenters. The molecule has 0 saturated carbocycles. The fraction of sp³-hybridized carbons (Fsp3) is 0.160. The lowest BCUT2D eigenvalue weighted by atomic mass is 10.1. The summed E-state index contributed by atoms with van der Waals surface area (Å²) < 4.78 is 7.44. The molecule has 0 fully saturated rings. The van der Waals surface area contributed by atoms with Crippen molar-refractivity contribution >= 4 is 17.2 Å². The zero-order valence-corrected chi connectivity index (χ0v) is 17.0. The van der Waals surface area contributed by atoms with Crippen molar-refractivity contribution in [3.8, 4) is 11.5 Å². The predicted molar refractivity (Wildman–Crippen MR) is 118 cm³/mol. The highest BCUT2D eigenvalue weighted by Crippen LogP contribution is 2.28. The third-order valence-electron chi connectivity index (χ3n) is 4.93. The summed E-state index contributed by atoms with van der Waals surface area (Å²) in [5, 5.41) is 0. The van der Waals surface area contributed by atoms with Crippen LogP contribution >= 0.6 is 0 Å². The predicted octanol–water partition coefficient (Wildman–Crippen LogP) is 4.48. The number of aliphatic imine (C=N–C) groups is 1. The van der Waals surface area contributed by atoms with Crippen molar-refractivity contribution in [3.05, 3.63) is 100.0 Å². The van der Waals surface area contributed by atoms with E-state index in [1.54, 1.807) is 19.3 Å². The molecule has 150 valence electrons. The van der Waals surface area contributed by atoms with Gasteiger partial charge in [0.05, 0.1) is 11.4 Å². The molecule has 1 aliphatic heterocycles. The van der Waals surface area contributed by atoms with E-state index in [1.165, 1.54) is 10.6 Å². The van der Waals surface area contributed by atoms with E-state index in [1.807, 2.05) is 61.5 Å². The Balaban J connectivity index is 1.48. The first-order valence-corrected chi connectivity index (χ1v) is 9.79. The van der Waals surface area contributed by atoms with Crippen molar-refractivity contribution < 1.29 is 9.53 Å². The van der Waals surface area contributed by atoms with Gasteiger partial charge in [0, 0.05) is 37.7 Å². The van der Waals surface area contributed by atoms with E-state index in [9.17, 15) is 9.59 Å². The number of ketones is 1. The number of carbonyl (C=O) groups excluding carboxylic acids is 1. The van der Waals surface area contributed by atoms with E-state index in [2.05, 4.69) is 4.99 Å². The van der Waals surface area contributed by atoms with E-state index < -0.39 is 0 Å². The Morgan fingerprint density at radius 2 is 1.83 bits per heavy atom. The number of rotatable bonds is 6. The molecule has 0 saturated heterocycles. The largest absolute Gasteiger partial charge is 0.457 e. The van der Waals surface area contributed by atoms with Gasteiger partial charge in [0.1, 0.15) is 11.5 Å². The SMILES string of the molecule is Cc1cccc(Oc2cccc(C3=CCC(C(=O)Cc4ccc(=O)n(C)c4)=N3)c2)c1. The van der Waals surface area contributed by atoms with Gasteiger partial charge in [-0.2, -0.15) is 0 Å². The maximum atomic E-state index is 12.7. The molecular formula is C25H22N2O3. The highest BCUT2D eigenvalue weighted by atomic mass is 16.5. The number of Topliss-reactive ketones (excluding diaryl/α,β-unsaturated/α-hetero) is 1. The van der Waals surface area contributed by atoms with E-state index in [0.29, 0.717) is 12.1 Å². The maximum absolute atomic E-state index is 12.7. The Hall–Kier alpha value is -3.73. The van der Waals surface area contributed by atoms with Gasteiger partial charge in [-0.3, -0.25) is 9.59 Å². The van der Waals surface area contributed by atoms with E-state index in [-0.39, 0.29) is 17.8 Å².